The molecule has 16 heavy (non-hydrogen) atoms. The highest BCUT2D eigenvalue weighted by Crippen LogP contribution is 2.08. The summed E-state index contributed by atoms with van der Waals surface area (Å²) in [6.45, 7) is 7.38. The number of hydrogen-bond donors (Lipinski definition) is 2. The van der Waals surface area contributed by atoms with E-state index in [4.69, 9.17) is 5.11 Å². The summed E-state index contributed by atoms with van der Waals surface area (Å²) < 4.78 is 0. The molecule has 2 atom stereocenters. The quantitative estimate of drug-likeness (QED) is 0.690. The van der Waals surface area contributed by atoms with Crippen molar-refractivity contribution in [3.05, 3.63) is 0 Å². The van der Waals surface area contributed by atoms with Crippen molar-refractivity contribution in [1.29, 1.82) is 0 Å². The molecule has 0 spiro atoms. The number of rotatable bonds is 7. The number of likely N-dealkylation sites (tertiary alicyclic amines) is 1. The summed E-state index contributed by atoms with van der Waals surface area (Å²) >= 11 is 0. The van der Waals surface area contributed by atoms with Gasteiger partial charge in [0.05, 0.1) is 0 Å². The Morgan fingerprint density at radius 3 is 2.56 bits per heavy atom. The number of carboxylic acids is 1. The summed E-state index contributed by atoms with van der Waals surface area (Å²) in [5.74, 6) is -0.727. The number of nitrogens with one attached hydrogen (secondary N) is 1. The molecular formula is C12H24N2O2. The normalized spacial score (nSPS) is 20.9. The molecule has 0 amide bonds. The lowest BCUT2D eigenvalue weighted by molar-refractivity contribution is -0.139. The second kappa shape index (κ2) is 6.86. The monoisotopic (exact) mass is 228 g/mol. The Morgan fingerprint density at radius 1 is 1.44 bits per heavy atom. The van der Waals surface area contributed by atoms with Crippen LogP contribution in [0.15, 0.2) is 0 Å². The lowest BCUT2D eigenvalue weighted by Crippen LogP contribution is -2.46. The topological polar surface area (TPSA) is 52.6 Å². The minimum absolute atomic E-state index is 0.255. The lowest BCUT2D eigenvalue weighted by atomic mass is 10.1. The third-order valence-electron chi connectivity index (χ3n) is 3.09. The van der Waals surface area contributed by atoms with Gasteiger partial charge in [-0.2, -0.15) is 0 Å². The maximum atomic E-state index is 11.0. The van der Waals surface area contributed by atoms with E-state index >= 15 is 0 Å². The first kappa shape index (κ1) is 13.5. The summed E-state index contributed by atoms with van der Waals surface area (Å²) in [6, 6.07) is -0.131. The van der Waals surface area contributed by atoms with Crippen molar-refractivity contribution < 1.29 is 9.90 Å². The van der Waals surface area contributed by atoms with E-state index in [1.807, 2.05) is 6.92 Å². The van der Waals surface area contributed by atoms with Crippen LogP contribution in [0.5, 0.6) is 0 Å². The molecule has 0 aliphatic carbocycles. The van der Waals surface area contributed by atoms with Crippen LogP contribution in [-0.2, 0) is 4.79 Å². The van der Waals surface area contributed by atoms with E-state index in [-0.39, 0.29) is 12.1 Å². The number of nitrogens with zero attached hydrogens (tertiary/aromatic N) is 1. The molecule has 0 aromatic heterocycles. The Kier molecular flexibility index (Phi) is 5.77. The van der Waals surface area contributed by atoms with E-state index in [9.17, 15) is 4.79 Å². The van der Waals surface area contributed by atoms with Gasteiger partial charge in [0.15, 0.2) is 0 Å². The fourth-order valence-corrected chi connectivity index (χ4v) is 2.32. The number of carbonyl (C=O) groups is 1. The maximum Gasteiger partial charge on any atom is 0.320 e. The van der Waals surface area contributed by atoms with Crippen LogP contribution in [0.3, 0.4) is 0 Å². The van der Waals surface area contributed by atoms with Crippen LogP contribution in [0.1, 0.15) is 39.5 Å². The van der Waals surface area contributed by atoms with Gasteiger partial charge in [-0.05, 0) is 39.3 Å². The first-order valence-corrected chi connectivity index (χ1v) is 6.34. The average molecular weight is 228 g/mol. The van der Waals surface area contributed by atoms with Gasteiger partial charge in [0.1, 0.15) is 6.04 Å². The van der Waals surface area contributed by atoms with Gasteiger partial charge in [-0.25, -0.2) is 0 Å². The Balaban J connectivity index is 2.29. The van der Waals surface area contributed by atoms with Gasteiger partial charge < -0.3 is 15.3 Å². The SMILES string of the molecule is CCCC(NC(C)CN1CCCC1)C(=O)O. The van der Waals surface area contributed by atoms with Crippen LogP contribution < -0.4 is 5.32 Å². The molecule has 1 heterocycles. The van der Waals surface area contributed by atoms with Gasteiger partial charge in [-0.3, -0.25) is 4.79 Å². The van der Waals surface area contributed by atoms with Gasteiger partial charge in [0.25, 0.3) is 0 Å². The van der Waals surface area contributed by atoms with Crippen LogP contribution >= 0.6 is 0 Å². The molecule has 1 rings (SSSR count). The molecular weight excluding hydrogens is 204 g/mol. The lowest BCUT2D eigenvalue weighted by Gasteiger charge is -2.24. The number of carboxylic acid groups (broad SMARTS) is 1. The molecule has 94 valence electrons. The second-order valence-electron chi connectivity index (χ2n) is 4.75. The van der Waals surface area contributed by atoms with Crippen molar-refractivity contribution in [2.75, 3.05) is 19.6 Å². The third-order valence-corrected chi connectivity index (χ3v) is 3.09. The third kappa shape index (κ3) is 4.49. The van der Waals surface area contributed by atoms with Crippen LogP contribution in [0.4, 0.5) is 0 Å². The summed E-state index contributed by atoms with van der Waals surface area (Å²) in [7, 11) is 0. The van der Waals surface area contributed by atoms with Gasteiger partial charge in [-0.1, -0.05) is 13.3 Å². The smallest absolute Gasteiger partial charge is 0.320 e. The predicted octanol–water partition coefficient (Wildman–Crippen LogP) is 1.31. The van der Waals surface area contributed by atoms with Crippen molar-refractivity contribution in [2.24, 2.45) is 0 Å². The highest BCUT2D eigenvalue weighted by atomic mass is 16.4. The highest BCUT2D eigenvalue weighted by Gasteiger charge is 2.20. The van der Waals surface area contributed by atoms with Crippen LogP contribution in [0, 0.1) is 0 Å². The molecule has 1 fully saturated rings. The number of aliphatic carboxylic acids is 1. The standard InChI is InChI=1S/C12H24N2O2/c1-3-6-11(12(15)16)13-10(2)9-14-7-4-5-8-14/h10-11,13H,3-9H2,1-2H3,(H,15,16). The van der Waals surface area contributed by atoms with Gasteiger partial charge in [-0.15, -0.1) is 0 Å². The van der Waals surface area contributed by atoms with Crippen molar-refractivity contribution in [3.8, 4) is 0 Å². The first-order chi connectivity index (χ1) is 7.63. The predicted molar refractivity (Wildman–Crippen MR) is 64.6 cm³/mol. The van der Waals surface area contributed by atoms with Crippen molar-refractivity contribution >= 4 is 5.97 Å². The Labute approximate surface area is 98.0 Å². The van der Waals surface area contributed by atoms with Crippen molar-refractivity contribution in [3.63, 3.8) is 0 Å². The maximum absolute atomic E-state index is 11.0. The summed E-state index contributed by atoms with van der Waals surface area (Å²) in [5, 5.41) is 12.2. The molecule has 0 saturated carbocycles. The van der Waals surface area contributed by atoms with Crippen LogP contribution in [0.2, 0.25) is 0 Å². The molecule has 1 aliphatic rings. The molecule has 4 nitrogen and oxygen atoms in total. The first-order valence-electron chi connectivity index (χ1n) is 6.34. The van der Waals surface area contributed by atoms with Crippen LogP contribution in [0.25, 0.3) is 0 Å². The fraction of sp³-hybridized carbons (Fsp3) is 0.917. The van der Waals surface area contributed by atoms with E-state index < -0.39 is 5.97 Å². The van der Waals surface area contributed by atoms with E-state index in [1.54, 1.807) is 0 Å². The van der Waals surface area contributed by atoms with E-state index in [2.05, 4.69) is 17.1 Å². The fourth-order valence-electron chi connectivity index (χ4n) is 2.32. The molecule has 0 radical (unpaired) electrons. The summed E-state index contributed by atoms with van der Waals surface area (Å²) in [4.78, 5) is 13.4. The second-order valence-corrected chi connectivity index (χ2v) is 4.75. The summed E-state index contributed by atoms with van der Waals surface area (Å²) in [6.07, 6.45) is 4.17. The minimum atomic E-state index is -0.727. The van der Waals surface area contributed by atoms with Gasteiger partial charge >= 0.3 is 5.97 Å². The molecule has 0 bridgehead atoms. The molecule has 1 saturated heterocycles. The molecule has 0 aromatic carbocycles. The zero-order valence-corrected chi connectivity index (χ0v) is 10.4. The summed E-state index contributed by atoms with van der Waals surface area (Å²) in [5.41, 5.74) is 0. The molecule has 4 heteroatoms. The Morgan fingerprint density at radius 2 is 2.06 bits per heavy atom. The zero-order chi connectivity index (χ0) is 12.0. The van der Waals surface area contributed by atoms with E-state index in [0.29, 0.717) is 6.42 Å². The Bertz CT molecular complexity index is 215. The molecule has 2 N–H and O–H groups in total. The average Bonchev–Trinajstić information content (AvgIpc) is 2.69. The Hall–Kier alpha value is -0.610. The number of hydrogen-bond acceptors (Lipinski definition) is 3. The molecule has 0 aromatic rings. The zero-order valence-electron chi connectivity index (χ0n) is 10.4. The van der Waals surface area contributed by atoms with Crippen LogP contribution in [-0.4, -0.2) is 47.7 Å². The van der Waals surface area contributed by atoms with Crippen molar-refractivity contribution in [2.45, 2.75) is 51.6 Å². The van der Waals surface area contributed by atoms with E-state index in [0.717, 1.165) is 26.1 Å². The largest absolute Gasteiger partial charge is 0.480 e. The molecule has 1 aliphatic heterocycles. The highest BCUT2D eigenvalue weighted by molar-refractivity contribution is 5.73. The molecule has 2 unspecified atom stereocenters. The van der Waals surface area contributed by atoms with E-state index in [1.165, 1.54) is 12.8 Å². The minimum Gasteiger partial charge on any atom is -0.480 e. The van der Waals surface area contributed by atoms with Gasteiger partial charge in [0.2, 0.25) is 0 Å². The van der Waals surface area contributed by atoms with Gasteiger partial charge in [0, 0.05) is 12.6 Å². The van der Waals surface area contributed by atoms with Crippen molar-refractivity contribution in [1.82, 2.24) is 10.2 Å².